The van der Waals surface area contributed by atoms with Crippen LogP contribution in [0.25, 0.3) is 16.3 Å². The summed E-state index contributed by atoms with van der Waals surface area (Å²) in [7, 11) is -3.84. The number of alkyl halides is 2. The first kappa shape index (κ1) is 24.1. The van der Waals surface area contributed by atoms with E-state index in [2.05, 4.69) is 36.6 Å². The van der Waals surface area contributed by atoms with E-state index in [4.69, 9.17) is 4.74 Å². The molecule has 10 nitrogen and oxygen atoms in total. The maximum Gasteiger partial charge on any atom is 0.291 e. The summed E-state index contributed by atoms with van der Waals surface area (Å²) in [5, 5.41) is 7.28. The molecule has 14 heteroatoms. The second kappa shape index (κ2) is 8.65. The number of hydrogen-bond donors (Lipinski definition) is 1. The molecule has 0 unspecified atom stereocenters. The van der Waals surface area contributed by atoms with Crippen LogP contribution in [-0.4, -0.2) is 83.4 Å². The van der Waals surface area contributed by atoms with Crippen molar-refractivity contribution in [2.24, 2.45) is 0 Å². The van der Waals surface area contributed by atoms with Crippen molar-refractivity contribution in [2.45, 2.75) is 55.6 Å². The molecule has 3 fully saturated rings. The lowest BCUT2D eigenvalue weighted by atomic mass is 10.1. The van der Waals surface area contributed by atoms with Gasteiger partial charge in [-0.05, 0) is 32.8 Å². The van der Waals surface area contributed by atoms with Crippen molar-refractivity contribution in [3.8, 4) is 10.8 Å². The Labute approximate surface area is 211 Å². The van der Waals surface area contributed by atoms with Gasteiger partial charge in [-0.3, -0.25) is 9.30 Å². The summed E-state index contributed by atoms with van der Waals surface area (Å²) in [5.74, 6) is 0.276. The molecule has 1 aliphatic carbocycles. The average molecular weight is 540 g/mol. The zero-order valence-electron chi connectivity index (χ0n) is 19.9. The third kappa shape index (κ3) is 4.28. The fourth-order valence-electron chi connectivity index (χ4n) is 5.05. The van der Waals surface area contributed by atoms with Gasteiger partial charge >= 0.3 is 0 Å². The molecular formula is C22H27F2N7O3S2. The van der Waals surface area contributed by atoms with Gasteiger partial charge in [0.25, 0.3) is 6.43 Å². The van der Waals surface area contributed by atoms with Crippen LogP contribution in [-0.2, 0) is 14.8 Å². The van der Waals surface area contributed by atoms with E-state index in [0.29, 0.717) is 37.5 Å². The van der Waals surface area contributed by atoms with Gasteiger partial charge in [0.05, 0.1) is 36.7 Å². The highest BCUT2D eigenvalue weighted by atomic mass is 32.2. The van der Waals surface area contributed by atoms with Crippen molar-refractivity contribution in [3.63, 3.8) is 0 Å². The lowest BCUT2D eigenvalue weighted by Gasteiger charge is -2.48. The molecule has 2 aliphatic heterocycles. The van der Waals surface area contributed by atoms with Gasteiger partial charge in [-0.1, -0.05) is 11.3 Å². The quantitative estimate of drug-likeness (QED) is 0.510. The van der Waals surface area contributed by atoms with Crippen molar-refractivity contribution in [2.75, 3.05) is 37.7 Å². The first-order valence-electron chi connectivity index (χ1n) is 11.9. The van der Waals surface area contributed by atoms with Crippen LogP contribution in [0.3, 0.4) is 0 Å². The molecule has 3 aliphatic rings. The van der Waals surface area contributed by atoms with E-state index in [1.807, 2.05) is 6.92 Å². The Morgan fingerprint density at radius 3 is 2.81 bits per heavy atom. The summed E-state index contributed by atoms with van der Waals surface area (Å²) < 4.78 is 63.3. The number of halogens is 2. The lowest BCUT2D eigenvalue weighted by molar-refractivity contribution is -0.0317. The van der Waals surface area contributed by atoms with Gasteiger partial charge in [-0.2, -0.15) is 0 Å². The maximum atomic E-state index is 13.4. The topological polar surface area (TPSA) is 105 Å². The minimum atomic E-state index is -3.84. The summed E-state index contributed by atoms with van der Waals surface area (Å²) in [4.78, 5) is 9.15. The molecule has 2 saturated heterocycles. The predicted molar refractivity (Wildman–Crippen MR) is 130 cm³/mol. The Morgan fingerprint density at radius 2 is 2.08 bits per heavy atom. The number of hydrogen-bond acceptors (Lipinski definition) is 9. The third-order valence-corrected chi connectivity index (χ3v) is 9.73. The molecule has 36 heavy (non-hydrogen) atoms. The number of imidazole rings is 1. The molecule has 0 aromatic carbocycles. The predicted octanol–water partition coefficient (Wildman–Crippen LogP) is 2.53. The SMILES string of the molecule is C[C@H]1CN(c2cc(S(=O)(=O)NC3(C)CC3)cn3c(-c4nnc(C(F)F)s4)ncc23)C[C@@H]2COCCN21. The molecule has 1 N–H and O–H groups in total. The largest absolute Gasteiger partial charge is 0.378 e. The first-order chi connectivity index (χ1) is 17.1. The molecule has 5 heterocycles. The summed E-state index contributed by atoms with van der Waals surface area (Å²) in [6, 6.07) is 2.12. The number of fused-ring (bicyclic) bond motifs is 2. The number of sulfonamides is 1. The highest BCUT2D eigenvalue weighted by molar-refractivity contribution is 7.89. The number of pyridine rings is 1. The summed E-state index contributed by atoms with van der Waals surface area (Å²) in [6.45, 7) is 7.60. The molecule has 1 saturated carbocycles. The molecule has 6 rings (SSSR count). The number of nitrogens with one attached hydrogen (secondary N) is 1. The molecule has 3 aromatic rings. The minimum absolute atomic E-state index is 0.0888. The standard InChI is InChI=1S/C22H27F2N7O3S2/c1-13-9-29(10-14-12-34-6-5-30(13)14)16-7-15(36(32,33)28-22(2)3-4-22)11-31-17(16)8-25-19(31)21-27-26-20(35-21)18(23)24/h7-8,11,13-14,18,28H,3-6,9-10,12H2,1-2H3/t13-,14+/m0/s1. The van der Waals surface area contributed by atoms with E-state index in [0.717, 1.165) is 30.7 Å². The Bertz CT molecular complexity index is 1410. The second-order valence-electron chi connectivity index (χ2n) is 10.0. The van der Waals surface area contributed by atoms with E-state index in [1.165, 1.54) is 6.20 Å². The van der Waals surface area contributed by atoms with Gasteiger partial charge in [0.15, 0.2) is 15.8 Å². The fourth-order valence-corrected chi connectivity index (χ4v) is 7.23. The van der Waals surface area contributed by atoms with Crippen LogP contribution in [0.2, 0.25) is 0 Å². The molecule has 0 radical (unpaired) electrons. The maximum absolute atomic E-state index is 13.4. The molecule has 0 spiro atoms. The number of ether oxygens (including phenoxy) is 1. The smallest absolute Gasteiger partial charge is 0.291 e. The average Bonchev–Trinajstić information content (AvgIpc) is 3.23. The van der Waals surface area contributed by atoms with E-state index >= 15 is 0 Å². The van der Waals surface area contributed by atoms with Gasteiger partial charge in [-0.25, -0.2) is 26.9 Å². The van der Waals surface area contributed by atoms with Crippen molar-refractivity contribution in [1.82, 2.24) is 29.2 Å². The number of nitrogens with zero attached hydrogens (tertiary/aromatic N) is 6. The zero-order valence-corrected chi connectivity index (χ0v) is 21.5. The molecule has 0 bridgehead atoms. The van der Waals surface area contributed by atoms with Gasteiger partial charge in [0.2, 0.25) is 10.0 Å². The summed E-state index contributed by atoms with van der Waals surface area (Å²) >= 11 is 0.746. The Morgan fingerprint density at radius 1 is 1.28 bits per heavy atom. The molecule has 3 aromatic heterocycles. The van der Waals surface area contributed by atoms with Crippen LogP contribution in [0.4, 0.5) is 14.5 Å². The Balaban J connectivity index is 1.47. The normalized spacial score (nSPS) is 24.4. The monoisotopic (exact) mass is 539 g/mol. The van der Waals surface area contributed by atoms with Crippen LogP contribution in [0, 0.1) is 0 Å². The fraction of sp³-hybridized carbons (Fsp3) is 0.591. The number of aromatic nitrogens is 4. The number of morpholine rings is 1. The van der Waals surface area contributed by atoms with Gasteiger partial charge < -0.3 is 9.64 Å². The summed E-state index contributed by atoms with van der Waals surface area (Å²) in [5.41, 5.74) is 0.942. The van der Waals surface area contributed by atoms with Crippen LogP contribution < -0.4 is 9.62 Å². The van der Waals surface area contributed by atoms with Crippen molar-refractivity contribution in [3.05, 3.63) is 23.5 Å². The van der Waals surface area contributed by atoms with Gasteiger partial charge in [0.1, 0.15) is 4.90 Å². The first-order valence-corrected chi connectivity index (χ1v) is 14.2. The van der Waals surface area contributed by atoms with E-state index in [-0.39, 0.29) is 27.8 Å². The summed E-state index contributed by atoms with van der Waals surface area (Å²) in [6.07, 6.45) is 1.93. The van der Waals surface area contributed by atoms with Crippen LogP contribution >= 0.6 is 11.3 Å². The van der Waals surface area contributed by atoms with Crippen LogP contribution in [0.15, 0.2) is 23.4 Å². The van der Waals surface area contributed by atoms with Gasteiger partial charge in [-0.15, -0.1) is 10.2 Å². The molecule has 194 valence electrons. The van der Waals surface area contributed by atoms with Crippen molar-refractivity contribution in [1.29, 1.82) is 0 Å². The van der Waals surface area contributed by atoms with Crippen LogP contribution in [0.1, 0.15) is 38.1 Å². The zero-order chi connectivity index (χ0) is 25.2. The van der Waals surface area contributed by atoms with Crippen LogP contribution in [0.5, 0.6) is 0 Å². The van der Waals surface area contributed by atoms with E-state index < -0.39 is 27.0 Å². The highest BCUT2D eigenvalue weighted by Crippen LogP contribution is 2.38. The van der Waals surface area contributed by atoms with E-state index in [9.17, 15) is 17.2 Å². The van der Waals surface area contributed by atoms with Crippen molar-refractivity contribution >= 4 is 32.6 Å². The molecule has 2 atom stereocenters. The lowest BCUT2D eigenvalue weighted by Crippen LogP contribution is -2.62. The second-order valence-corrected chi connectivity index (χ2v) is 12.7. The van der Waals surface area contributed by atoms with Gasteiger partial charge in [0, 0.05) is 37.4 Å². The molecule has 0 amide bonds. The highest BCUT2D eigenvalue weighted by Gasteiger charge is 2.42. The molecular weight excluding hydrogens is 512 g/mol. The third-order valence-electron chi connectivity index (χ3n) is 7.20. The van der Waals surface area contributed by atoms with E-state index in [1.54, 1.807) is 16.7 Å². The van der Waals surface area contributed by atoms with Crippen molar-refractivity contribution < 1.29 is 21.9 Å². The Kier molecular flexibility index (Phi) is 5.79. The number of rotatable bonds is 6. The Hall–Kier alpha value is -2.26. The number of anilines is 1. The number of piperazine rings is 1. The minimum Gasteiger partial charge on any atom is -0.378 e.